The minimum atomic E-state index is -3.79. The molecule has 8 heteroatoms. The molecule has 0 atom stereocenters. The normalized spacial score (nSPS) is 14.8. The number of anilines is 1. The van der Waals surface area contributed by atoms with Crippen LogP contribution >= 0.6 is 0 Å². The van der Waals surface area contributed by atoms with Gasteiger partial charge < -0.3 is 4.90 Å². The van der Waals surface area contributed by atoms with Gasteiger partial charge in [0.15, 0.2) is 0 Å². The monoisotopic (exact) mass is 450 g/mol. The Bertz CT molecular complexity index is 1170. The molecule has 2 heterocycles. The summed E-state index contributed by atoms with van der Waals surface area (Å²) in [5, 5.41) is 0. The van der Waals surface area contributed by atoms with E-state index in [9.17, 15) is 13.2 Å². The number of nitrogens with zero attached hydrogens (tertiary/aromatic N) is 3. The molecule has 166 valence electrons. The number of amides is 1. The molecule has 32 heavy (non-hydrogen) atoms. The molecule has 1 amide bonds. The van der Waals surface area contributed by atoms with Gasteiger partial charge in [-0.1, -0.05) is 29.8 Å². The molecule has 1 saturated heterocycles. The van der Waals surface area contributed by atoms with Gasteiger partial charge in [0.25, 0.3) is 15.9 Å². The fourth-order valence-corrected chi connectivity index (χ4v) is 4.75. The number of aryl methyl sites for hydroxylation is 1. The molecule has 1 aliphatic heterocycles. The summed E-state index contributed by atoms with van der Waals surface area (Å²) in [5.74, 6) is -0.158. The number of sulfonamides is 1. The summed E-state index contributed by atoms with van der Waals surface area (Å²) in [6.45, 7) is 5.35. The van der Waals surface area contributed by atoms with Gasteiger partial charge in [0.05, 0.1) is 10.6 Å². The van der Waals surface area contributed by atoms with E-state index in [4.69, 9.17) is 0 Å². The lowest BCUT2D eigenvalue weighted by atomic mass is 10.2. The summed E-state index contributed by atoms with van der Waals surface area (Å²) in [5.41, 5.74) is 2.90. The van der Waals surface area contributed by atoms with Crippen LogP contribution in [0.15, 0.2) is 77.8 Å². The quantitative estimate of drug-likeness (QED) is 0.624. The van der Waals surface area contributed by atoms with Crippen molar-refractivity contribution in [3.8, 4) is 0 Å². The van der Waals surface area contributed by atoms with Crippen LogP contribution in [0.4, 0.5) is 5.69 Å². The number of aromatic nitrogens is 1. The maximum atomic E-state index is 13.0. The van der Waals surface area contributed by atoms with Crippen LogP contribution in [0.5, 0.6) is 0 Å². The van der Waals surface area contributed by atoms with Crippen molar-refractivity contribution in [1.29, 1.82) is 0 Å². The largest absolute Gasteiger partial charge is 0.336 e. The SMILES string of the molecule is Cc1ccc(NS(=O)(=O)c2cccc(C(=O)N3CCN(Cc4ccccn4)CC3)c2)cc1. The van der Waals surface area contributed by atoms with Gasteiger partial charge in [-0.3, -0.25) is 19.4 Å². The summed E-state index contributed by atoms with van der Waals surface area (Å²) >= 11 is 0. The van der Waals surface area contributed by atoms with Crippen molar-refractivity contribution < 1.29 is 13.2 Å². The summed E-state index contributed by atoms with van der Waals surface area (Å²) in [6, 6.07) is 19.2. The Labute approximate surface area is 188 Å². The first-order chi connectivity index (χ1) is 15.4. The minimum absolute atomic E-state index is 0.0673. The number of pyridine rings is 1. The van der Waals surface area contributed by atoms with E-state index >= 15 is 0 Å². The number of benzene rings is 2. The second-order valence-electron chi connectivity index (χ2n) is 7.89. The van der Waals surface area contributed by atoms with Crippen molar-refractivity contribution in [2.24, 2.45) is 0 Å². The first kappa shape index (κ1) is 22.0. The number of nitrogens with one attached hydrogen (secondary N) is 1. The number of hydrogen-bond acceptors (Lipinski definition) is 5. The van der Waals surface area contributed by atoms with Crippen LogP contribution in [0.2, 0.25) is 0 Å². The predicted molar refractivity (Wildman–Crippen MR) is 124 cm³/mol. The number of rotatable bonds is 6. The zero-order valence-electron chi connectivity index (χ0n) is 17.9. The lowest BCUT2D eigenvalue weighted by molar-refractivity contribution is 0.0627. The zero-order valence-corrected chi connectivity index (χ0v) is 18.8. The van der Waals surface area contributed by atoms with E-state index in [0.29, 0.717) is 24.3 Å². The smallest absolute Gasteiger partial charge is 0.261 e. The second-order valence-corrected chi connectivity index (χ2v) is 9.57. The van der Waals surface area contributed by atoms with Crippen molar-refractivity contribution in [3.63, 3.8) is 0 Å². The molecule has 1 fully saturated rings. The third-order valence-electron chi connectivity index (χ3n) is 5.47. The second kappa shape index (κ2) is 9.50. The highest BCUT2D eigenvalue weighted by molar-refractivity contribution is 7.92. The fraction of sp³-hybridized carbons (Fsp3) is 0.250. The highest BCUT2D eigenvalue weighted by Crippen LogP contribution is 2.19. The summed E-state index contributed by atoms with van der Waals surface area (Å²) < 4.78 is 28.2. The van der Waals surface area contributed by atoms with Gasteiger partial charge in [0, 0.05) is 50.2 Å². The number of hydrogen-bond donors (Lipinski definition) is 1. The lowest BCUT2D eigenvalue weighted by Crippen LogP contribution is -2.48. The van der Waals surface area contributed by atoms with Crippen LogP contribution in [0.3, 0.4) is 0 Å². The molecule has 1 aromatic heterocycles. The van der Waals surface area contributed by atoms with Crippen LogP contribution in [0.1, 0.15) is 21.6 Å². The zero-order chi connectivity index (χ0) is 22.6. The van der Waals surface area contributed by atoms with Gasteiger partial charge in [-0.05, 0) is 49.4 Å². The fourth-order valence-electron chi connectivity index (χ4n) is 3.64. The molecule has 0 unspecified atom stereocenters. The molecule has 7 nitrogen and oxygen atoms in total. The summed E-state index contributed by atoms with van der Waals surface area (Å²) in [7, 11) is -3.79. The van der Waals surface area contributed by atoms with E-state index in [0.717, 1.165) is 30.9 Å². The van der Waals surface area contributed by atoms with E-state index in [1.807, 2.05) is 37.3 Å². The molecule has 3 aromatic rings. The Hall–Kier alpha value is -3.23. The molecule has 0 aliphatic carbocycles. The lowest BCUT2D eigenvalue weighted by Gasteiger charge is -2.34. The van der Waals surface area contributed by atoms with Gasteiger partial charge in [-0.2, -0.15) is 0 Å². The van der Waals surface area contributed by atoms with E-state index in [-0.39, 0.29) is 10.8 Å². The molecular formula is C24H26N4O3S. The first-order valence-electron chi connectivity index (χ1n) is 10.5. The van der Waals surface area contributed by atoms with Crippen molar-refractivity contribution in [3.05, 3.63) is 89.7 Å². The standard InChI is InChI=1S/C24H26N4O3S/c1-19-8-10-21(11-9-19)26-32(30,31)23-7-4-5-20(17-23)24(29)28-15-13-27(14-16-28)18-22-6-2-3-12-25-22/h2-12,17,26H,13-16,18H2,1H3. The molecule has 0 radical (unpaired) electrons. The van der Waals surface area contributed by atoms with Crippen molar-refractivity contribution in [2.45, 2.75) is 18.4 Å². The third-order valence-corrected chi connectivity index (χ3v) is 6.85. The van der Waals surface area contributed by atoms with Gasteiger partial charge >= 0.3 is 0 Å². The molecule has 1 aliphatic rings. The third kappa shape index (κ3) is 5.33. The summed E-state index contributed by atoms with van der Waals surface area (Å²) in [6.07, 6.45) is 1.78. The molecule has 1 N–H and O–H groups in total. The van der Waals surface area contributed by atoms with Crippen molar-refractivity contribution in [2.75, 3.05) is 30.9 Å². The number of carbonyl (C=O) groups is 1. The topological polar surface area (TPSA) is 82.6 Å². The maximum Gasteiger partial charge on any atom is 0.261 e. The Morgan fingerprint density at radius 2 is 1.72 bits per heavy atom. The van der Waals surface area contributed by atoms with Gasteiger partial charge in [0.2, 0.25) is 0 Å². The Morgan fingerprint density at radius 1 is 0.969 bits per heavy atom. The molecule has 0 bridgehead atoms. The highest BCUT2D eigenvalue weighted by atomic mass is 32.2. The van der Waals surface area contributed by atoms with Gasteiger partial charge in [-0.15, -0.1) is 0 Å². The Balaban J connectivity index is 1.40. The van der Waals surface area contributed by atoms with E-state index in [1.54, 1.807) is 35.4 Å². The van der Waals surface area contributed by atoms with Crippen molar-refractivity contribution >= 4 is 21.6 Å². The molecule has 4 rings (SSSR count). The predicted octanol–water partition coefficient (Wildman–Crippen LogP) is 3.15. The molecule has 0 saturated carbocycles. The van der Waals surface area contributed by atoms with E-state index in [1.165, 1.54) is 12.1 Å². The van der Waals surface area contributed by atoms with E-state index in [2.05, 4.69) is 14.6 Å². The Kier molecular flexibility index (Phi) is 6.53. The number of piperazine rings is 1. The van der Waals surface area contributed by atoms with Crippen LogP contribution < -0.4 is 4.72 Å². The van der Waals surface area contributed by atoms with Crippen LogP contribution in [0, 0.1) is 6.92 Å². The van der Waals surface area contributed by atoms with Gasteiger partial charge in [-0.25, -0.2) is 8.42 Å². The van der Waals surface area contributed by atoms with Crippen LogP contribution in [-0.4, -0.2) is 55.3 Å². The highest BCUT2D eigenvalue weighted by Gasteiger charge is 2.24. The summed E-state index contributed by atoms with van der Waals surface area (Å²) in [4.78, 5) is 21.5. The van der Waals surface area contributed by atoms with Gasteiger partial charge in [0.1, 0.15) is 0 Å². The average Bonchev–Trinajstić information content (AvgIpc) is 2.81. The van der Waals surface area contributed by atoms with Crippen LogP contribution in [0.25, 0.3) is 0 Å². The molecule has 2 aromatic carbocycles. The minimum Gasteiger partial charge on any atom is -0.336 e. The molecular weight excluding hydrogens is 424 g/mol. The van der Waals surface area contributed by atoms with Crippen molar-refractivity contribution in [1.82, 2.24) is 14.8 Å². The first-order valence-corrected chi connectivity index (χ1v) is 12.0. The number of carbonyl (C=O) groups excluding carboxylic acids is 1. The maximum absolute atomic E-state index is 13.0. The van der Waals surface area contributed by atoms with E-state index < -0.39 is 10.0 Å². The average molecular weight is 451 g/mol. The molecule has 0 spiro atoms. The van der Waals surface area contributed by atoms with Crippen LogP contribution in [-0.2, 0) is 16.6 Å². The Morgan fingerprint density at radius 3 is 2.41 bits per heavy atom.